The molecule has 0 saturated carbocycles. The molecule has 3 aromatic rings. The summed E-state index contributed by atoms with van der Waals surface area (Å²) in [5.74, 6) is -0.390. The van der Waals surface area contributed by atoms with Gasteiger partial charge in [0.2, 0.25) is 0 Å². The third kappa shape index (κ3) is 6.96. The Morgan fingerprint density at radius 2 is 1.66 bits per heavy atom. The van der Waals surface area contributed by atoms with Gasteiger partial charge in [0.05, 0.1) is 16.6 Å². The summed E-state index contributed by atoms with van der Waals surface area (Å²) in [6.07, 6.45) is 2.88. The predicted octanol–water partition coefficient (Wildman–Crippen LogP) is 3.62. The van der Waals surface area contributed by atoms with Gasteiger partial charge in [0.15, 0.2) is 0 Å². The molecule has 1 aromatic carbocycles. The van der Waals surface area contributed by atoms with E-state index in [-0.39, 0.29) is 0 Å². The molecule has 0 saturated heterocycles. The molecule has 0 amide bonds. The van der Waals surface area contributed by atoms with E-state index >= 15 is 0 Å². The van der Waals surface area contributed by atoms with Crippen LogP contribution in [0.2, 0.25) is 0 Å². The Morgan fingerprint density at radius 3 is 2.21 bits per heavy atom. The van der Waals surface area contributed by atoms with E-state index in [1.54, 1.807) is 17.5 Å². The number of hydrogen-bond donors (Lipinski definition) is 1. The fraction of sp³-hybridized carbons (Fsp3) is 0.188. The Kier molecular flexibility index (Phi) is 6.88. The molecule has 0 aliphatic rings. The van der Waals surface area contributed by atoms with Crippen molar-refractivity contribution in [3.05, 3.63) is 59.2 Å². The van der Waals surface area contributed by atoms with Crippen molar-refractivity contribution in [3.63, 3.8) is 0 Å². The van der Waals surface area contributed by atoms with Crippen molar-refractivity contribution in [2.24, 2.45) is 0 Å². The first kappa shape index (κ1) is 23.1. The Bertz CT molecular complexity index is 1180. The summed E-state index contributed by atoms with van der Waals surface area (Å²) in [5, 5.41) is 3.02. The minimum absolute atomic E-state index is 0.390. The molecular weight excluding hydrogens is 455 g/mol. The van der Waals surface area contributed by atoms with Crippen LogP contribution in [-0.2, 0) is 26.7 Å². The standard InChI is InChI=1S/C15H10F3NO3S2.CH4O3S/c16-15(17,18)24(20,21)22-12-3-1-10(2-4-12)9-13-14-11(5-7-19-13)6-8-23-14;1-5(2,3)4/h1-8H,9H2;1H3,(H,2,3,4). The number of nitrogens with zero attached hydrogens (tertiary/aromatic N) is 1. The van der Waals surface area contributed by atoms with E-state index in [0.717, 1.165) is 21.3 Å². The van der Waals surface area contributed by atoms with Gasteiger partial charge >= 0.3 is 15.6 Å². The molecule has 0 atom stereocenters. The third-order valence-electron chi connectivity index (χ3n) is 3.23. The number of rotatable bonds is 4. The van der Waals surface area contributed by atoms with Gasteiger partial charge in [0, 0.05) is 12.6 Å². The Labute approximate surface area is 168 Å². The van der Waals surface area contributed by atoms with E-state index in [2.05, 4.69) is 9.17 Å². The van der Waals surface area contributed by atoms with Crippen LogP contribution in [0.5, 0.6) is 5.75 Å². The second kappa shape index (κ2) is 8.65. The van der Waals surface area contributed by atoms with Crippen molar-refractivity contribution in [2.45, 2.75) is 11.9 Å². The van der Waals surface area contributed by atoms with Gasteiger partial charge in [-0.15, -0.1) is 11.3 Å². The van der Waals surface area contributed by atoms with Gasteiger partial charge in [-0.05, 0) is 40.6 Å². The van der Waals surface area contributed by atoms with Gasteiger partial charge in [-0.1, -0.05) is 12.1 Å². The zero-order valence-electron chi connectivity index (χ0n) is 14.6. The van der Waals surface area contributed by atoms with Crippen LogP contribution in [0.15, 0.2) is 48.0 Å². The summed E-state index contributed by atoms with van der Waals surface area (Å²) in [4.78, 5) is 4.32. The van der Waals surface area contributed by atoms with Crippen molar-refractivity contribution >= 4 is 41.7 Å². The van der Waals surface area contributed by atoms with Crippen molar-refractivity contribution in [2.75, 3.05) is 6.26 Å². The summed E-state index contributed by atoms with van der Waals surface area (Å²) in [6, 6.07) is 9.27. The molecule has 1 N–H and O–H groups in total. The molecule has 0 bridgehead atoms. The summed E-state index contributed by atoms with van der Waals surface area (Å²) in [5.41, 5.74) is -3.83. The molecule has 0 radical (unpaired) electrons. The molecule has 0 aliphatic heterocycles. The van der Waals surface area contributed by atoms with Gasteiger partial charge < -0.3 is 4.18 Å². The van der Waals surface area contributed by atoms with Gasteiger partial charge in [0.1, 0.15) is 5.75 Å². The highest BCUT2D eigenvalue weighted by molar-refractivity contribution is 7.88. The van der Waals surface area contributed by atoms with Crippen LogP contribution in [0.3, 0.4) is 0 Å². The number of alkyl halides is 3. The summed E-state index contributed by atoms with van der Waals surface area (Å²) >= 11 is 1.56. The average Bonchev–Trinajstić information content (AvgIpc) is 3.03. The molecule has 3 rings (SSSR count). The van der Waals surface area contributed by atoms with Crippen molar-refractivity contribution < 1.29 is 38.7 Å². The van der Waals surface area contributed by atoms with Crippen LogP contribution < -0.4 is 4.18 Å². The molecule has 158 valence electrons. The van der Waals surface area contributed by atoms with Gasteiger partial charge in [-0.2, -0.15) is 30.0 Å². The van der Waals surface area contributed by atoms with Crippen LogP contribution >= 0.6 is 11.3 Å². The number of thiophene rings is 1. The number of halogens is 3. The predicted molar refractivity (Wildman–Crippen MR) is 102 cm³/mol. The highest BCUT2D eigenvalue weighted by Crippen LogP contribution is 2.28. The lowest BCUT2D eigenvalue weighted by atomic mass is 10.1. The molecule has 0 fully saturated rings. The van der Waals surface area contributed by atoms with Crippen molar-refractivity contribution in [3.8, 4) is 5.75 Å². The van der Waals surface area contributed by atoms with Gasteiger partial charge in [-0.25, -0.2) is 0 Å². The fourth-order valence-electron chi connectivity index (χ4n) is 2.11. The molecular formula is C16H14F3NO6S3. The highest BCUT2D eigenvalue weighted by Gasteiger charge is 2.48. The lowest BCUT2D eigenvalue weighted by Gasteiger charge is -2.10. The van der Waals surface area contributed by atoms with Crippen molar-refractivity contribution in [1.82, 2.24) is 4.98 Å². The molecule has 2 heterocycles. The van der Waals surface area contributed by atoms with Crippen LogP contribution in [0.1, 0.15) is 11.3 Å². The molecule has 0 aliphatic carbocycles. The van der Waals surface area contributed by atoms with Crippen LogP contribution in [0, 0.1) is 0 Å². The van der Waals surface area contributed by atoms with E-state index in [4.69, 9.17) is 4.55 Å². The van der Waals surface area contributed by atoms with E-state index < -0.39 is 31.5 Å². The van der Waals surface area contributed by atoms with E-state index in [0.29, 0.717) is 12.7 Å². The molecule has 0 spiro atoms. The normalized spacial score (nSPS) is 12.3. The van der Waals surface area contributed by atoms with Gasteiger partial charge in [0.25, 0.3) is 10.1 Å². The van der Waals surface area contributed by atoms with Crippen LogP contribution in [0.4, 0.5) is 13.2 Å². The molecule has 13 heteroatoms. The second-order valence-corrected chi connectivity index (χ2v) is 9.55. The lowest BCUT2D eigenvalue weighted by molar-refractivity contribution is -0.0500. The smallest absolute Gasteiger partial charge is 0.376 e. The number of pyridine rings is 1. The molecule has 29 heavy (non-hydrogen) atoms. The maximum Gasteiger partial charge on any atom is 0.534 e. The molecule has 7 nitrogen and oxygen atoms in total. The second-order valence-electron chi connectivity index (χ2n) is 5.63. The minimum Gasteiger partial charge on any atom is -0.376 e. The topological polar surface area (TPSA) is 111 Å². The summed E-state index contributed by atoms with van der Waals surface area (Å²) < 4.78 is 89.7. The van der Waals surface area contributed by atoms with E-state index in [1.165, 1.54) is 24.3 Å². The average molecular weight is 469 g/mol. The number of hydrogen-bond acceptors (Lipinski definition) is 7. The van der Waals surface area contributed by atoms with Crippen LogP contribution in [-0.4, -0.2) is 38.1 Å². The largest absolute Gasteiger partial charge is 0.534 e. The summed E-state index contributed by atoms with van der Waals surface area (Å²) in [7, 11) is -9.32. The number of fused-ring (bicyclic) bond motifs is 1. The van der Waals surface area contributed by atoms with E-state index in [1.807, 2.05) is 17.5 Å². The van der Waals surface area contributed by atoms with Crippen molar-refractivity contribution in [1.29, 1.82) is 0 Å². The third-order valence-corrected chi connectivity index (χ3v) is 5.18. The lowest BCUT2D eigenvalue weighted by Crippen LogP contribution is -2.28. The van der Waals surface area contributed by atoms with Gasteiger partial charge in [-0.3, -0.25) is 9.54 Å². The first-order valence-electron chi connectivity index (χ1n) is 7.59. The Morgan fingerprint density at radius 1 is 1.07 bits per heavy atom. The first-order chi connectivity index (χ1) is 13.3. The number of aromatic nitrogens is 1. The van der Waals surface area contributed by atoms with E-state index in [9.17, 15) is 30.0 Å². The fourth-order valence-corrected chi connectivity index (χ4v) is 3.45. The Balaban J connectivity index is 0.000000537. The van der Waals surface area contributed by atoms with Crippen LogP contribution in [0.25, 0.3) is 10.1 Å². The number of benzene rings is 1. The highest BCUT2D eigenvalue weighted by atomic mass is 32.2. The quantitative estimate of drug-likeness (QED) is 0.353. The maximum atomic E-state index is 12.3. The first-order valence-corrected chi connectivity index (χ1v) is 11.7. The Hall–Kier alpha value is -2.22. The zero-order valence-corrected chi connectivity index (χ0v) is 17.1. The minimum atomic E-state index is -5.65. The monoisotopic (exact) mass is 469 g/mol. The zero-order chi connectivity index (χ0) is 21.9. The molecule has 0 unspecified atom stereocenters. The maximum absolute atomic E-state index is 12.3. The summed E-state index contributed by atoms with van der Waals surface area (Å²) in [6.45, 7) is 0. The molecule has 2 aromatic heterocycles. The SMILES string of the molecule is CS(=O)(=O)O.O=S(=O)(Oc1ccc(Cc2nccc3ccsc23)cc1)C(F)(F)F.